The number of hydrogen-bond acceptors (Lipinski definition) is 4. The molecule has 0 atom stereocenters. The molecule has 0 radical (unpaired) electrons. The molecule has 11 aromatic rings. The quantitative estimate of drug-likeness (QED) is 0.173. The van der Waals surface area contributed by atoms with Gasteiger partial charge in [0.2, 0.25) is 0 Å². The Labute approximate surface area is 369 Å². The van der Waals surface area contributed by atoms with Crippen LogP contribution in [0.25, 0.3) is 89.2 Å². The highest BCUT2D eigenvalue weighted by atomic mass is 32.2. The first kappa shape index (κ1) is 35.9. The molecule has 0 bridgehead atoms. The van der Waals surface area contributed by atoms with Crippen LogP contribution >= 0.6 is 11.8 Å². The lowest BCUT2D eigenvalue weighted by Gasteiger charge is -2.39. The van der Waals surface area contributed by atoms with Gasteiger partial charge in [0.25, 0.3) is 0 Å². The topological polar surface area (TPSA) is 38.9 Å². The first-order chi connectivity index (χ1) is 31.2. The summed E-state index contributed by atoms with van der Waals surface area (Å²) in [6, 6.07) is 78.4. The molecular weight excluding hydrogens is 785 g/mol. The Morgan fingerprint density at radius 2 is 0.889 bits per heavy atom. The van der Waals surface area contributed by atoms with Crippen LogP contribution in [0.2, 0.25) is 0 Å². The Kier molecular flexibility index (Phi) is 8.06. The van der Waals surface area contributed by atoms with Crippen molar-refractivity contribution in [3.63, 3.8) is 0 Å². The average molecular weight is 821 g/mol. The van der Waals surface area contributed by atoms with Crippen LogP contribution in [0.3, 0.4) is 0 Å². The van der Waals surface area contributed by atoms with Crippen molar-refractivity contribution in [2.24, 2.45) is 0 Å². The summed E-state index contributed by atoms with van der Waals surface area (Å²) < 4.78 is 6.38. The highest BCUT2D eigenvalue weighted by molar-refractivity contribution is 7.99. The first-order valence-corrected chi connectivity index (χ1v) is 22.2. The Hall–Kier alpha value is -7.79. The molecule has 63 heavy (non-hydrogen) atoms. The monoisotopic (exact) mass is 820 g/mol. The second-order valence-electron chi connectivity index (χ2n) is 16.4. The van der Waals surface area contributed by atoms with E-state index in [-0.39, 0.29) is 5.41 Å². The SMILES string of the molecule is c1ccc(-c2nc(-c3ccc(-c4ccc5c(c4)Sc4ccccc4C54c5ccccc5-c5ccccc54)cc3)cc(-c3ccc(-c4cccc5c4oc4ccccc45)cc3)n2)cc1. The number of aromatic nitrogens is 2. The van der Waals surface area contributed by atoms with E-state index in [1.165, 1.54) is 48.7 Å². The zero-order chi connectivity index (χ0) is 41.5. The first-order valence-electron chi connectivity index (χ1n) is 21.4. The lowest BCUT2D eigenvalue weighted by molar-refractivity contribution is 0.670. The Bertz CT molecular complexity index is 3540. The summed E-state index contributed by atoms with van der Waals surface area (Å²) in [6.45, 7) is 0. The number of benzene rings is 9. The van der Waals surface area contributed by atoms with Crippen LogP contribution in [0.1, 0.15) is 22.3 Å². The fourth-order valence-corrected chi connectivity index (χ4v) is 11.4. The molecule has 0 saturated carbocycles. The van der Waals surface area contributed by atoms with Crippen molar-refractivity contribution in [2.75, 3.05) is 0 Å². The molecule has 3 heterocycles. The third kappa shape index (κ3) is 5.55. The van der Waals surface area contributed by atoms with Crippen LogP contribution in [-0.4, -0.2) is 9.97 Å². The van der Waals surface area contributed by atoms with Crippen molar-refractivity contribution in [1.29, 1.82) is 0 Å². The maximum atomic E-state index is 6.38. The van der Waals surface area contributed by atoms with Crippen molar-refractivity contribution in [2.45, 2.75) is 15.2 Å². The van der Waals surface area contributed by atoms with E-state index >= 15 is 0 Å². The summed E-state index contributed by atoms with van der Waals surface area (Å²) in [5, 5.41) is 2.25. The van der Waals surface area contributed by atoms with Crippen LogP contribution in [0.15, 0.2) is 233 Å². The normalized spacial score (nSPS) is 13.1. The number of rotatable bonds is 5. The van der Waals surface area contributed by atoms with E-state index in [9.17, 15) is 0 Å². The molecule has 0 saturated heterocycles. The zero-order valence-corrected chi connectivity index (χ0v) is 34.8. The van der Waals surface area contributed by atoms with Gasteiger partial charge in [0.1, 0.15) is 11.2 Å². The van der Waals surface area contributed by atoms with Gasteiger partial charge in [0, 0.05) is 42.8 Å². The molecular formula is C59H36N2OS. The molecule has 9 aromatic carbocycles. The van der Waals surface area contributed by atoms with Gasteiger partial charge in [-0.2, -0.15) is 0 Å². The van der Waals surface area contributed by atoms with E-state index in [0.29, 0.717) is 5.82 Å². The minimum absolute atomic E-state index is 0.378. The fourth-order valence-electron chi connectivity index (χ4n) is 10.1. The Morgan fingerprint density at radius 1 is 0.349 bits per heavy atom. The maximum absolute atomic E-state index is 6.38. The molecule has 13 rings (SSSR count). The molecule has 3 nitrogen and oxygen atoms in total. The second-order valence-corrected chi connectivity index (χ2v) is 17.5. The predicted molar refractivity (Wildman–Crippen MR) is 258 cm³/mol. The maximum Gasteiger partial charge on any atom is 0.160 e. The smallest absolute Gasteiger partial charge is 0.160 e. The summed E-state index contributed by atoms with van der Waals surface area (Å²) in [4.78, 5) is 12.9. The van der Waals surface area contributed by atoms with Gasteiger partial charge in [-0.05, 0) is 74.3 Å². The molecule has 0 amide bonds. The number of nitrogens with zero attached hydrogens (tertiary/aromatic N) is 2. The average Bonchev–Trinajstić information content (AvgIpc) is 3.88. The van der Waals surface area contributed by atoms with E-state index < -0.39 is 0 Å². The summed E-state index contributed by atoms with van der Waals surface area (Å²) in [5.41, 5.74) is 18.7. The summed E-state index contributed by atoms with van der Waals surface area (Å²) in [5.74, 6) is 0.694. The molecule has 1 aliphatic carbocycles. The number of para-hydroxylation sites is 2. The van der Waals surface area contributed by atoms with Crippen molar-refractivity contribution < 1.29 is 4.42 Å². The van der Waals surface area contributed by atoms with Crippen LogP contribution in [0.4, 0.5) is 0 Å². The van der Waals surface area contributed by atoms with E-state index in [4.69, 9.17) is 14.4 Å². The van der Waals surface area contributed by atoms with Gasteiger partial charge in [0.05, 0.1) is 16.8 Å². The minimum Gasteiger partial charge on any atom is -0.455 e. The third-order valence-corrected chi connectivity index (χ3v) is 14.2. The number of furan rings is 1. The van der Waals surface area contributed by atoms with Crippen molar-refractivity contribution in [1.82, 2.24) is 9.97 Å². The lowest BCUT2D eigenvalue weighted by Crippen LogP contribution is -2.31. The molecule has 0 fully saturated rings. The van der Waals surface area contributed by atoms with Crippen LogP contribution < -0.4 is 0 Å². The van der Waals surface area contributed by atoms with Crippen molar-refractivity contribution >= 4 is 33.7 Å². The zero-order valence-electron chi connectivity index (χ0n) is 34.0. The molecule has 4 heteroatoms. The number of fused-ring (bicyclic) bond motifs is 12. The van der Waals surface area contributed by atoms with Crippen LogP contribution in [0.5, 0.6) is 0 Å². The highest BCUT2D eigenvalue weighted by Gasteiger charge is 2.50. The van der Waals surface area contributed by atoms with E-state index in [2.05, 4.69) is 188 Å². The van der Waals surface area contributed by atoms with Crippen LogP contribution in [0, 0.1) is 0 Å². The molecule has 294 valence electrons. The van der Waals surface area contributed by atoms with Crippen molar-refractivity contribution in [3.8, 4) is 67.3 Å². The Balaban J connectivity index is 0.872. The Morgan fingerprint density at radius 3 is 1.62 bits per heavy atom. The highest BCUT2D eigenvalue weighted by Crippen LogP contribution is 2.62. The number of hydrogen-bond donors (Lipinski definition) is 0. The molecule has 1 spiro atoms. The van der Waals surface area contributed by atoms with Crippen LogP contribution in [-0.2, 0) is 5.41 Å². The fraction of sp³-hybridized carbons (Fsp3) is 0.0169. The van der Waals surface area contributed by atoms with Gasteiger partial charge >= 0.3 is 0 Å². The van der Waals surface area contributed by atoms with Gasteiger partial charge in [-0.15, -0.1) is 0 Å². The standard InChI is InChI=1S/C59H36N2OS/c1-2-13-41(14-3-1)58-60-52(36-53(61-58)40-31-27-38(28-32-40)43-18-12-19-47-46-17-6-10-23-54(46)62-57(43)47)39-29-25-37(26-30-39)42-33-34-51-56(35-42)63-55-24-11-9-22-50(55)59(51)48-20-7-4-15-44(48)45-16-5-8-21-49(45)59/h1-36H. The molecule has 1 aliphatic heterocycles. The summed E-state index contributed by atoms with van der Waals surface area (Å²) in [6.07, 6.45) is 0. The molecule has 0 N–H and O–H groups in total. The summed E-state index contributed by atoms with van der Waals surface area (Å²) in [7, 11) is 0. The van der Waals surface area contributed by atoms with Gasteiger partial charge in [0.15, 0.2) is 5.82 Å². The molecule has 2 aromatic heterocycles. The van der Waals surface area contributed by atoms with Gasteiger partial charge < -0.3 is 4.42 Å². The van der Waals surface area contributed by atoms with E-state index in [0.717, 1.165) is 66.7 Å². The summed E-state index contributed by atoms with van der Waals surface area (Å²) >= 11 is 1.88. The predicted octanol–water partition coefficient (Wildman–Crippen LogP) is 15.5. The van der Waals surface area contributed by atoms with E-state index in [1.807, 2.05) is 42.1 Å². The van der Waals surface area contributed by atoms with Gasteiger partial charge in [-0.1, -0.05) is 206 Å². The second kappa shape index (κ2) is 14.1. The minimum atomic E-state index is -0.378. The lowest BCUT2D eigenvalue weighted by atomic mass is 9.67. The van der Waals surface area contributed by atoms with Gasteiger partial charge in [-0.3, -0.25) is 0 Å². The molecule has 2 aliphatic rings. The van der Waals surface area contributed by atoms with Crippen molar-refractivity contribution in [3.05, 3.63) is 241 Å². The van der Waals surface area contributed by atoms with E-state index in [1.54, 1.807) is 0 Å². The third-order valence-electron chi connectivity index (χ3n) is 13.0. The largest absolute Gasteiger partial charge is 0.455 e. The van der Waals surface area contributed by atoms with Gasteiger partial charge in [-0.25, -0.2) is 9.97 Å². The molecule has 0 unspecified atom stereocenters.